The molecule has 2 N–H and O–H groups in total. The van der Waals surface area contributed by atoms with Crippen molar-refractivity contribution < 1.29 is 9.90 Å². The molecule has 0 saturated carbocycles. The van der Waals surface area contributed by atoms with E-state index >= 15 is 0 Å². The van der Waals surface area contributed by atoms with Crippen LogP contribution in [-0.4, -0.2) is 17.6 Å². The molecule has 0 radical (unpaired) electrons. The van der Waals surface area contributed by atoms with Crippen LogP contribution >= 0.6 is 0 Å². The predicted octanol–water partition coefficient (Wildman–Crippen LogP) is 3.17. The van der Waals surface area contributed by atoms with E-state index in [1.165, 1.54) is 0 Å². The van der Waals surface area contributed by atoms with Crippen molar-refractivity contribution in [3.63, 3.8) is 0 Å². The zero-order chi connectivity index (χ0) is 14.4. The summed E-state index contributed by atoms with van der Waals surface area (Å²) in [6.07, 6.45) is 1.54. The highest BCUT2D eigenvalue weighted by atomic mass is 16.2. The number of aliphatic hydroxyl groups excluding tert-OH is 1. The molecular weight excluding hydrogens is 250 g/mol. The van der Waals surface area contributed by atoms with Crippen LogP contribution < -0.4 is 5.32 Å². The lowest BCUT2D eigenvalue weighted by atomic mass is 10.1. The Morgan fingerprint density at radius 1 is 1.15 bits per heavy atom. The third kappa shape index (κ3) is 3.68. The molecule has 0 bridgehead atoms. The molecule has 2 aromatic rings. The summed E-state index contributed by atoms with van der Waals surface area (Å²) in [5, 5.41) is 11.8. The van der Waals surface area contributed by atoms with Crippen LogP contribution in [0.3, 0.4) is 0 Å². The molecule has 0 heterocycles. The van der Waals surface area contributed by atoms with Crippen molar-refractivity contribution in [2.75, 3.05) is 11.9 Å². The lowest BCUT2D eigenvalue weighted by molar-refractivity contribution is 0.102. The van der Waals surface area contributed by atoms with E-state index in [0.29, 0.717) is 5.56 Å². The van der Waals surface area contributed by atoms with E-state index in [4.69, 9.17) is 5.11 Å². The number of hydrogen-bond acceptors (Lipinski definition) is 2. The Bertz CT molecular complexity index is 593. The Hall–Kier alpha value is -2.13. The minimum Gasteiger partial charge on any atom is -0.396 e. The SMILES string of the molecule is Cc1ccccc1C(=O)Nc1cccc(CCCO)c1. The van der Waals surface area contributed by atoms with Gasteiger partial charge in [-0.25, -0.2) is 0 Å². The van der Waals surface area contributed by atoms with E-state index in [9.17, 15) is 4.79 Å². The van der Waals surface area contributed by atoms with Crippen LogP contribution in [0.2, 0.25) is 0 Å². The zero-order valence-electron chi connectivity index (χ0n) is 11.6. The van der Waals surface area contributed by atoms with Crippen LogP contribution in [0.4, 0.5) is 5.69 Å². The van der Waals surface area contributed by atoms with Gasteiger partial charge >= 0.3 is 0 Å². The smallest absolute Gasteiger partial charge is 0.255 e. The van der Waals surface area contributed by atoms with Gasteiger partial charge in [-0.05, 0) is 49.1 Å². The van der Waals surface area contributed by atoms with Crippen molar-refractivity contribution in [1.82, 2.24) is 0 Å². The topological polar surface area (TPSA) is 49.3 Å². The molecule has 0 unspecified atom stereocenters. The summed E-state index contributed by atoms with van der Waals surface area (Å²) in [6, 6.07) is 15.3. The molecule has 3 nitrogen and oxygen atoms in total. The van der Waals surface area contributed by atoms with Crippen LogP contribution in [0.1, 0.15) is 27.9 Å². The third-order valence-electron chi connectivity index (χ3n) is 3.20. The Morgan fingerprint density at radius 3 is 2.70 bits per heavy atom. The fourth-order valence-electron chi connectivity index (χ4n) is 2.11. The van der Waals surface area contributed by atoms with Gasteiger partial charge in [-0.1, -0.05) is 30.3 Å². The van der Waals surface area contributed by atoms with Crippen molar-refractivity contribution in [3.8, 4) is 0 Å². The Balaban J connectivity index is 2.10. The molecule has 0 atom stereocenters. The largest absolute Gasteiger partial charge is 0.396 e. The van der Waals surface area contributed by atoms with Gasteiger partial charge in [-0.15, -0.1) is 0 Å². The number of aryl methyl sites for hydroxylation is 2. The van der Waals surface area contributed by atoms with Crippen LogP contribution in [0.25, 0.3) is 0 Å². The number of anilines is 1. The Kier molecular flexibility index (Phi) is 4.91. The first-order valence-corrected chi connectivity index (χ1v) is 6.77. The molecule has 0 saturated heterocycles. The molecule has 0 aromatic heterocycles. The highest BCUT2D eigenvalue weighted by molar-refractivity contribution is 6.05. The van der Waals surface area contributed by atoms with Crippen molar-refractivity contribution in [3.05, 3.63) is 65.2 Å². The number of hydrogen-bond donors (Lipinski definition) is 2. The van der Waals surface area contributed by atoms with E-state index in [1.807, 2.05) is 55.5 Å². The van der Waals surface area contributed by atoms with Crippen molar-refractivity contribution in [2.45, 2.75) is 19.8 Å². The maximum absolute atomic E-state index is 12.2. The molecule has 20 heavy (non-hydrogen) atoms. The average Bonchev–Trinajstić information content (AvgIpc) is 2.46. The maximum atomic E-state index is 12.2. The van der Waals surface area contributed by atoms with Gasteiger partial charge in [0.05, 0.1) is 0 Å². The first-order chi connectivity index (χ1) is 9.70. The molecule has 0 aliphatic rings. The molecule has 1 amide bonds. The first-order valence-electron chi connectivity index (χ1n) is 6.77. The summed E-state index contributed by atoms with van der Waals surface area (Å²) in [4.78, 5) is 12.2. The van der Waals surface area contributed by atoms with Gasteiger partial charge in [-0.2, -0.15) is 0 Å². The van der Waals surface area contributed by atoms with Crippen molar-refractivity contribution in [2.24, 2.45) is 0 Å². The molecule has 0 aliphatic carbocycles. The minimum atomic E-state index is -0.0950. The summed E-state index contributed by atoms with van der Waals surface area (Å²) in [6.45, 7) is 2.10. The highest BCUT2D eigenvalue weighted by Gasteiger charge is 2.08. The molecule has 104 valence electrons. The Labute approximate surface area is 119 Å². The second-order valence-corrected chi connectivity index (χ2v) is 4.80. The number of carbonyl (C=O) groups excluding carboxylic acids is 1. The number of carbonyl (C=O) groups is 1. The van der Waals surface area contributed by atoms with Crippen molar-refractivity contribution in [1.29, 1.82) is 0 Å². The van der Waals surface area contributed by atoms with Gasteiger partial charge in [-0.3, -0.25) is 4.79 Å². The van der Waals surface area contributed by atoms with E-state index in [0.717, 1.165) is 29.7 Å². The highest BCUT2D eigenvalue weighted by Crippen LogP contribution is 2.15. The summed E-state index contributed by atoms with van der Waals surface area (Å²) in [5.74, 6) is -0.0950. The van der Waals surface area contributed by atoms with Gasteiger partial charge in [0.25, 0.3) is 5.91 Å². The van der Waals surface area contributed by atoms with E-state index in [-0.39, 0.29) is 12.5 Å². The van der Waals surface area contributed by atoms with Crippen LogP contribution in [-0.2, 0) is 6.42 Å². The summed E-state index contributed by atoms with van der Waals surface area (Å²) >= 11 is 0. The maximum Gasteiger partial charge on any atom is 0.255 e. The summed E-state index contributed by atoms with van der Waals surface area (Å²) < 4.78 is 0. The molecular formula is C17H19NO2. The van der Waals surface area contributed by atoms with Crippen LogP contribution in [0.5, 0.6) is 0 Å². The number of aliphatic hydroxyl groups is 1. The second kappa shape index (κ2) is 6.87. The molecule has 2 aromatic carbocycles. The molecule has 0 fully saturated rings. The number of benzene rings is 2. The normalized spacial score (nSPS) is 10.3. The number of nitrogens with one attached hydrogen (secondary N) is 1. The van der Waals surface area contributed by atoms with Gasteiger partial charge < -0.3 is 10.4 Å². The fraction of sp³-hybridized carbons (Fsp3) is 0.235. The number of amides is 1. The van der Waals surface area contributed by atoms with Gasteiger partial charge in [0.2, 0.25) is 0 Å². The second-order valence-electron chi connectivity index (χ2n) is 4.80. The fourth-order valence-corrected chi connectivity index (χ4v) is 2.11. The van der Waals surface area contributed by atoms with Crippen LogP contribution in [0.15, 0.2) is 48.5 Å². The molecule has 3 heteroatoms. The lowest BCUT2D eigenvalue weighted by Gasteiger charge is -2.09. The predicted molar refractivity (Wildman–Crippen MR) is 81.0 cm³/mol. The third-order valence-corrected chi connectivity index (χ3v) is 3.20. The van der Waals surface area contributed by atoms with Gasteiger partial charge in [0, 0.05) is 17.9 Å². The van der Waals surface area contributed by atoms with E-state index < -0.39 is 0 Å². The molecule has 0 spiro atoms. The van der Waals surface area contributed by atoms with Gasteiger partial charge in [0.1, 0.15) is 0 Å². The monoisotopic (exact) mass is 269 g/mol. The standard InChI is InChI=1S/C17H19NO2/c1-13-6-2-3-10-16(13)17(20)18-15-9-4-7-14(12-15)8-5-11-19/h2-4,6-7,9-10,12,19H,5,8,11H2,1H3,(H,18,20). The zero-order valence-corrected chi connectivity index (χ0v) is 11.6. The number of rotatable bonds is 5. The average molecular weight is 269 g/mol. The lowest BCUT2D eigenvalue weighted by Crippen LogP contribution is -2.13. The van der Waals surface area contributed by atoms with Crippen LogP contribution in [0, 0.1) is 6.92 Å². The first kappa shape index (κ1) is 14.3. The Morgan fingerprint density at radius 2 is 1.95 bits per heavy atom. The minimum absolute atomic E-state index is 0.0950. The van der Waals surface area contributed by atoms with E-state index in [2.05, 4.69) is 5.32 Å². The quantitative estimate of drug-likeness (QED) is 0.876. The van der Waals surface area contributed by atoms with Crippen molar-refractivity contribution >= 4 is 11.6 Å². The van der Waals surface area contributed by atoms with Gasteiger partial charge in [0.15, 0.2) is 0 Å². The van der Waals surface area contributed by atoms with E-state index in [1.54, 1.807) is 0 Å². The molecule has 2 rings (SSSR count). The summed E-state index contributed by atoms with van der Waals surface area (Å²) in [5.41, 5.74) is 3.55. The summed E-state index contributed by atoms with van der Waals surface area (Å²) in [7, 11) is 0. The molecule has 0 aliphatic heterocycles.